The molecular formula is C23H21F2N3. The predicted molar refractivity (Wildman–Crippen MR) is 106 cm³/mol. The Kier molecular flexibility index (Phi) is 4.34. The smallest absolute Gasteiger partial charge is 0.128 e. The van der Waals surface area contributed by atoms with Crippen LogP contribution in [-0.2, 0) is 6.54 Å². The van der Waals surface area contributed by atoms with E-state index in [-0.39, 0.29) is 29.6 Å². The van der Waals surface area contributed by atoms with Crippen LogP contribution in [0, 0.1) is 17.6 Å². The van der Waals surface area contributed by atoms with Crippen LogP contribution in [0.2, 0.25) is 0 Å². The van der Waals surface area contributed by atoms with Crippen LogP contribution in [0.1, 0.15) is 28.8 Å². The Morgan fingerprint density at radius 1 is 0.857 bits per heavy atom. The van der Waals surface area contributed by atoms with Gasteiger partial charge in [0.1, 0.15) is 11.6 Å². The molecule has 2 N–H and O–H groups in total. The number of hydrogen-bond donors (Lipinski definition) is 2. The van der Waals surface area contributed by atoms with Crippen LogP contribution in [-0.4, -0.2) is 6.54 Å². The number of hydrazine groups is 1. The molecule has 1 fully saturated rings. The van der Waals surface area contributed by atoms with Crippen molar-refractivity contribution in [2.24, 2.45) is 5.92 Å². The summed E-state index contributed by atoms with van der Waals surface area (Å²) >= 11 is 0. The van der Waals surface area contributed by atoms with E-state index in [4.69, 9.17) is 0 Å². The number of fused-ring (bicyclic) bond motifs is 3. The third-order valence-corrected chi connectivity index (χ3v) is 5.82. The molecule has 2 aliphatic heterocycles. The Bertz CT molecular complexity index is 992. The van der Waals surface area contributed by atoms with Gasteiger partial charge in [-0.05, 0) is 35.4 Å². The molecule has 5 rings (SSSR count). The average Bonchev–Trinajstić information content (AvgIpc) is 3.14. The highest BCUT2D eigenvalue weighted by atomic mass is 19.1. The van der Waals surface area contributed by atoms with Crippen molar-refractivity contribution >= 4 is 5.69 Å². The van der Waals surface area contributed by atoms with E-state index in [1.807, 2.05) is 30.3 Å². The summed E-state index contributed by atoms with van der Waals surface area (Å²) in [7, 11) is 0. The molecule has 3 atom stereocenters. The van der Waals surface area contributed by atoms with E-state index in [1.54, 1.807) is 18.2 Å². The summed E-state index contributed by atoms with van der Waals surface area (Å²) in [4.78, 5) is 2.17. The van der Waals surface area contributed by atoms with E-state index in [2.05, 4.69) is 27.9 Å². The van der Waals surface area contributed by atoms with Crippen LogP contribution in [0.25, 0.3) is 0 Å². The molecule has 0 amide bonds. The van der Waals surface area contributed by atoms with Crippen LogP contribution in [0.5, 0.6) is 0 Å². The molecule has 1 saturated heterocycles. The number of benzene rings is 3. The molecule has 3 nitrogen and oxygen atoms in total. The first kappa shape index (κ1) is 17.3. The van der Waals surface area contributed by atoms with Crippen LogP contribution in [0.3, 0.4) is 0 Å². The lowest BCUT2D eigenvalue weighted by Gasteiger charge is -2.39. The van der Waals surface area contributed by atoms with Crippen molar-refractivity contribution in [3.05, 3.63) is 101 Å². The third kappa shape index (κ3) is 2.97. The molecule has 0 saturated carbocycles. The van der Waals surface area contributed by atoms with Gasteiger partial charge in [0.05, 0.1) is 12.1 Å². The second-order valence-corrected chi connectivity index (χ2v) is 7.49. The lowest BCUT2D eigenvalue weighted by Crippen LogP contribution is -2.39. The number of hydrogen-bond acceptors (Lipinski definition) is 3. The largest absolute Gasteiger partial charge is 0.366 e. The molecule has 3 unspecified atom stereocenters. The SMILES string of the molecule is Fc1ccc2c(c1)C1NNC(c3ccccc3)C1CN2Cc1ccccc1F. The van der Waals surface area contributed by atoms with E-state index in [0.29, 0.717) is 12.1 Å². The van der Waals surface area contributed by atoms with Crippen LogP contribution < -0.4 is 15.8 Å². The second-order valence-electron chi connectivity index (χ2n) is 7.49. The number of rotatable bonds is 3. The maximum absolute atomic E-state index is 14.3. The third-order valence-electron chi connectivity index (χ3n) is 5.82. The normalized spacial score (nSPS) is 23.4. The fourth-order valence-electron chi connectivity index (χ4n) is 4.49. The van der Waals surface area contributed by atoms with E-state index >= 15 is 0 Å². The first-order valence-electron chi connectivity index (χ1n) is 9.54. The summed E-state index contributed by atoms with van der Waals surface area (Å²) in [6, 6.07) is 22.1. The Morgan fingerprint density at radius 2 is 1.61 bits per heavy atom. The van der Waals surface area contributed by atoms with Gasteiger partial charge in [-0.15, -0.1) is 0 Å². The highest BCUT2D eigenvalue weighted by Gasteiger charge is 2.43. The monoisotopic (exact) mass is 377 g/mol. The number of anilines is 1. The summed E-state index contributed by atoms with van der Waals surface area (Å²) in [5, 5.41) is 0. The molecule has 0 aromatic heterocycles. The lowest BCUT2D eigenvalue weighted by molar-refractivity contribution is 0.399. The van der Waals surface area contributed by atoms with Gasteiger partial charge in [0.2, 0.25) is 0 Å². The standard InChI is InChI=1S/C23H21F2N3/c24-17-10-11-21-18(12-17)23-19(22(26-27-23)15-6-2-1-3-7-15)14-28(21)13-16-8-4-5-9-20(16)25/h1-12,19,22-23,26-27H,13-14H2. The number of nitrogens with one attached hydrogen (secondary N) is 2. The molecule has 0 bridgehead atoms. The van der Waals surface area contributed by atoms with E-state index in [0.717, 1.165) is 17.8 Å². The van der Waals surface area contributed by atoms with Gasteiger partial charge in [-0.3, -0.25) is 0 Å². The molecule has 3 aromatic carbocycles. The lowest BCUT2D eigenvalue weighted by atomic mass is 9.82. The summed E-state index contributed by atoms with van der Waals surface area (Å²) in [6.07, 6.45) is 0. The van der Waals surface area contributed by atoms with Gasteiger partial charge in [-0.25, -0.2) is 19.6 Å². The van der Waals surface area contributed by atoms with Crippen LogP contribution >= 0.6 is 0 Å². The van der Waals surface area contributed by atoms with Gasteiger partial charge < -0.3 is 4.90 Å². The molecule has 0 spiro atoms. The second kappa shape index (κ2) is 7.00. The maximum atomic E-state index is 14.3. The molecule has 28 heavy (non-hydrogen) atoms. The van der Waals surface area contributed by atoms with Crippen LogP contribution in [0.4, 0.5) is 14.5 Å². The van der Waals surface area contributed by atoms with Gasteiger partial charge in [0.25, 0.3) is 0 Å². The first-order chi connectivity index (χ1) is 13.7. The fourth-order valence-corrected chi connectivity index (χ4v) is 4.49. The molecule has 2 aliphatic rings. The van der Waals surface area contributed by atoms with Gasteiger partial charge in [0.15, 0.2) is 0 Å². The molecule has 142 valence electrons. The van der Waals surface area contributed by atoms with Crippen molar-refractivity contribution in [3.8, 4) is 0 Å². The zero-order valence-electron chi connectivity index (χ0n) is 15.3. The van der Waals surface area contributed by atoms with Crippen molar-refractivity contribution in [1.82, 2.24) is 10.9 Å². The minimum absolute atomic E-state index is 0.00720. The fraction of sp³-hybridized carbons (Fsp3) is 0.217. The summed E-state index contributed by atoms with van der Waals surface area (Å²) in [6.45, 7) is 1.20. The van der Waals surface area contributed by atoms with Gasteiger partial charge in [-0.1, -0.05) is 48.5 Å². The van der Waals surface area contributed by atoms with Gasteiger partial charge >= 0.3 is 0 Å². The minimum Gasteiger partial charge on any atom is -0.366 e. The highest BCUT2D eigenvalue weighted by Crippen LogP contribution is 2.45. The first-order valence-corrected chi connectivity index (χ1v) is 9.54. The zero-order valence-corrected chi connectivity index (χ0v) is 15.3. The summed E-state index contributed by atoms with van der Waals surface area (Å²) < 4.78 is 28.3. The van der Waals surface area contributed by atoms with Crippen molar-refractivity contribution in [1.29, 1.82) is 0 Å². The Morgan fingerprint density at radius 3 is 2.43 bits per heavy atom. The number of nitrogens with zero attached hydrogens (tertiary/aromatic N) is 1. The van der Waals surface area contributed by atoms with E-state index in [9.17, 15) is 8.78 Å². The summed E-state index contributed by atoms with van der Waals surface area (Å²) in [5.41, 5.74) is 10.5. The Hall–Kier alpha value is -2.76. The minimum atomic E-state index is -0.254. The predicted octanol–water partition coefficient (Wildman–Crippen LogP) is 4.49. The Balaban J connectivity index is 1.54. The maximum Gasteiger partial charge on any atom is 0.128 e. The van der Waals surface area contributed by atoms with E-state index in [1.165, 1.54) is 17.7 Å². The van der Waals surface area contributed by atoms with Crippen molar-refractivity contribution in [2.75, 3.05) is 11.4 Å². The van der Waals surface area contributed by atoms with Crippen molar-refractivity contribution in [2.45, 2.75) is 18.6 Å². The molecule has 0 radical (unpaired) electrons. The molecular weight excluding hydrogens is 356 g/mol. The van der Waals surface area contributed by atoms with Gasteiger partial charge in [0, 0.05) is 30.3 Å². The zero-order chi connectivity index (χ0) is 19.1. The number of halogens is 2. The van der Waals surface area contributed by atoms with Gasteiger partial charge in [-0.2, -0.15) is 0 Å². The van der Waals surface area contributed by atoms with Crippen molar-refractivity contribution < 1.29 is 8.78 Å². The molecule has 2 heterocycles. The Labute approximate surface area is 163 Å². The van der Waals surface area contributed by atoms with Crippen LogP contribution in [0.15, 0.2) is 72.8 Å². The molecule has 3 aromatic rings. The molecule has 5 heteroatoms. The average molecular weight is 377 g/mol. The van der Waals surface area contributed by atoms with E-state index < -0.39 is 0 Å². The topological polar surface area (TPSA) is 27.3 Å². The quantitative estimate of drug-likeness (QED) is 0.704. The molecule has 0 aliphatic carbocycles. The van der Waals surface area contributed by atoms with Crippen molar-refractivity contribution in [3.63, 3.8) is 0 Å². The highest BCUT2D eigenvalue weighted by molar-refractivity contribution is 5.59. The summed E-state index contributed by atoms with van der Waals surface area (Å²) in [5.74, 6) is -0.269.